The van der Waals surface area contributed by atoms with Gasteiger partial charge >= 0.3 is 0 Å². The number of carbonyl (C=O) groups excluding carboxylic acids is 1. The Labute approximate surface area is 191 Å². The van der Waals surface area contributed by atoms with Crippen LogP contribution >= 0.6 is 0 Å². The predicted molar refractivity (Wildman–Crippen MR) is 128 cm³/mol. The molecule has 1 amide bonds. The summed E-state index contributed by atoms with van der Waals surface area (Å²) in [6.07, 6.45) is 0. The largest absolute Gasteiger partial charge is 0.497 e. The molecule has 0 fully saturated rings. The molecule has 0 bridgehead atoms. The minimum absolute atomic E-state index is 0.124. The number of aryl methyl sites for hydroxylation is 1. The zero-order valence-electron chi connectivity index (χ0n) is 18.8. The van der Waals surface area contributed by atoms with Gasteiger partial charge in [0.1, 0.15) is 23.9 Å². The summed E-state index contributed by atoms with van der Waals surface area (Å²) in [5.74, 6) is 1.94. The third-order valence-electron chi connectivity index (χ3n) is 5.42. The number of carbonyl (C=O) groups is 1. The Hall–Kier alpha value is -4.13. The van der Waals surface area contributed by atoms with Gasteiger partial charge in [-0.25, -0.2) is 4.98 Å². The Kier molecular flexibility index (Phi) is 6.40. The SMILES string of the molecule is COc1ccc(OCCN(C)C(=O)c2ccc(-n3c(C)nc4ccccc4c3=O)cc2)cc1. The molecular weight excluding hydrogens is 418 g/mol. The summed E-state index contributed by atoms with van der Waals surface area (Å²) in [7, 11) is 3.34. The Bertz CT molecular complexity index is 1330. The summed E-state index contributed by atoms with van der Waals surface area (Å²) in [5.41, 5.74) is 1.73. The van der Waals surface area contributed by atoms with Gasteiger partial charge in [0.15, 0.2) is 0 Å². The molecule has 0 saturated heterocycles. The quantitative estimate of drug-likeness (QED) is 0.434. The monoisotopic (exact) mass is 443 g/mol. The van der Waals surface area contributed by atoms with E-state index in [4.69, 9.17) is 9.47 Å². The molecule has 0 aliphatic rings. The number of aromatic nitrogens is 2. The van der Waals surface area contributed by atoms with Crippen molar-refractivity contribution in [3.63, 3.8) is 0 Å². The van der Waals surface area contributed by atoms with Crippen LogP contribution in [0, 0.1) is 6.92 Å². The molecule has 1 heterocycles. The van der Waals surface area contributed by atoms with Crippen molar-refractivity contribution in [1.82, 2.24) is 14.5 Å². The van der Waals surface area contributed by atoms with E-state index in [9.17, 15) is 9.59 Å². The minimum Gasteiger partial charge on any atom is -0.497 e. The van der Waals surface area contributed by atoms with Crippen LogP contribution in [-0.2, 0) is 0 Å². The van der Waals surface area contributed by atoms with E-state index in [2.05, 4.69) is 4.98 Å². The predicted octanol–water partition coefficient (Wildman–Crippen LogP) is 3.85. The summed E-state index contributed by atoms with van der Waals surface area (Å²) in [5, 5.41) is 0.555. The van der Waals surface area contributed by atoms with Crippen molar-refractivity contribution in [2.45, 2.75) is 6.92 Å². The smallest absolute Gasteiger partial charge is 0.265 e. The van der Waals surface area contributed by atoms with Gasteiger partial charge in [-0.2, -0.15) is 0 Å². The second kappa shape index (κ2) is 9.56. The lowest BCUT2D eigenvalue weighted by molar-refractivity contribution is 0.0774. The number of nitrogens with zero attached hydrogens (tertiary/aromatic N) is 3. The number of likely N-dealkylation sites (N-methyl/N-ethyl adjacent to an activating group) is 1. The Morgan fingerprint density at radius 2 is 1.64 bits per heavy atom. The topological polar surface area (TPSA) is 73.7 Å². The molecule has 0 atom stereocenters. The van der Waals surface area contributed by atoms with E-state index in [0.717, 1.165) is 5.75 Å². The highest BCUT2D eigenvalue weighted by molar-refractivity contribution is 5.94. The van der Waals surface area contributed by atoms with Crippen LogP contribution in [0.1, 0.15) is 16.2 Å². The van der Waals surface area contributed by atoms with E-state index >= 15 is 0 Å². The summed E-state index contributed by atoms with van der Waals surface area (Å²) in [6, 6.07) is 21.5. The van der Waals surface area contributed by atoms with Gasteiger partial charge in [-0.05, 0) is 67.6 Å². The molecule has 0 spiro atoms. The van der Waals surface area contributed by atoms with Crippen LogP contribution in [0.5, 0.6) is 11.5 Å². The van der Waals surface area contributed by atoms with Crippen molar-refractivity contribution in [2.75, 3.05) is 27.3 Å². The lowest BCUT2D eigenvalue weighted by Crippen LogP contribution is -2.31. The minimum atomic E-state index is -0.134. The third kappa shape index (κ3) is 4.72. The molecule has 3 aromatic carbocycles. The fourth-order valence-electron chi connectivity index (χ4n) is 3.60. The van der Waals surface area contributed by atoms with Crippen LogP contribution in [0.3, 0.4) is 0 Å². The van der Waals surface area contributed by atoms with Gasteiger partial charge in [-0.15, -0.1) is 0 Å². The van der Waals surface area contributed by atoms with E-state index < -0.39 is 0 Å². The normalized spacial score (nSPS) is 10.8. The number of hydrogen-bond donors (Lipinski definition) is 0. The van der Waals surface area contributed by atoms with Crippen molar-refractivity contribution in [3.8, 4) is 17.2 Å². The van der Waals surface area contributed by atoms with Crippen molar-refractivity contribution >= 4 is 16.8 Å². The number of hydrogen-bond acceptors (Lipinski definition) is 5. The summed E-state index contributed by atoms with van der Waals surface area (Å²) in [6.45, 7) is 2.59. The number of rotatable bonds is 7. The lowest BCUT2D eigenvalue weighted by Gasteiger charge is -2.18. The second-order valence-corrected chi connectivity index (χ2v) is 7.61. The number of para-hydroxylation sites is 1. The molecule has 7 nitrogen and oxygen atoms in total. The standard InChI is InChI=1S/C26H25N3O4/c1-18-27-24-7-5-4-6-23(24)26(31)29(18)20-10-8-19(9-11-20)25(30)28(2)16-17-33-22-14-12-21(32-3)13-15-22/h4-15H,16-17H2,1-3H3. The number of benzene rings is 3. The lowest BCUT2D eigenvalue weighted by atomic mass is 10.1. The highest BCUT2D eigenvalue weighted by atomic mass is 16.5. The maximum Gasteiger partial charge on any atom is 0.265 e. The Morgan fingerprint density at radius 3 is 2.33 bits per heavy atom. The van der Waals surface area contributed by atoms with Gasteiger partial charge in [0, 0.05) is 12.6 Å². The number of methoxy groups -OCH3 is 1. The van der Waals surface area contributed by atoms with Crippen molar-refractivity contribution < 1.29 is 14.3 Å². The fraction of sp³-hybridized carbons (Fsp3) is 0.192. The van der Waals surface area contributed by atoms with Crippen molar-refractivity contribution in [3.05, 3.63) is 94.5 Å². The molecule has 0 aliphatic carbocycles. The zero-order valence-corrected chi connectivity index (χ0v) is 18.8. The third-order valence-corrected chi connectivity index (χ3v) is 5.42. The number of ether oxygens (including phenoxy) is 2. The van der Waals surface area contributed by atoms with Crippen LogP contribution in [0.15, 0.2) is 77.6 Å². The van der Waals surface area contributed by atoms with E-state index in [1.54, 1.807) is 60.9 Å². The van der Waals surface area contributed by atoms with Crippen molar-refractivity contribution in [1.29, 1.82) is 0 Å². The van der Waals surface area contributed by atoms with Gasteiger partial charge in [0.2, 0.25) is 0 Å². The van der Waals surface area contributed by atoms with Gasteiger partial charge < -0.3 is 14.4 Å². The van der Waals surface area contributed by atoms with E-state index in [1.165, 1.54) is 0 Å². The number of fused-ring (bicyclic) bond motifs is 1. The summed E-state index contributed by atoms with van der Waals surface area (Å²) in [4.78, 5) is 31.9. The molecule has 0 unspecified atom stereocenters. The van der Waals surface area contributed by atoms with Crippen LogP contribution in [0.25, 0.3) is 16.6 Å². The highest BCUT2D eigenvalue weighted by Gasteiger charge is 2.14. The van der Waals surface area contributed by atoms with Gasteiger partial charge in [-0.1, -0.05) is 12.1 Å². The molecule has 33 heavy (non-hydrogen) atoms. The van der Waals surface area contributed by atoms with Crippen LogP contribution in [0.2, 0.25) is 0 Å². The first-order valence-electron chi connectivity index (χ1n) is 10.6. The van der Waals surface area contributed by atoms with E-state index in [1.807, 2.05) is 42.5 Å². The van der Waals surface area contributed by atoms with E-state index in [0.29, 0.717) is 46.9 Å². The average molecular weight is 444 g/mol. The van der Waals surface area contributed by atoms with Gasteiger partial charge in [-0.3, -0.25) is 14.2 Å². The fourth-order valence-corrected chi connectivity index (χ4v) is 3.60. The highest BCUT2D eigenvalue weighted by Crippen LogP contribution is 2.17. The molecule has 7 heteroatoms. The second-order valence-electron chi connectivity index (χ2n) is 7.61. The van der Waals surface area contributed by atoms with Gasteiger partial charge in [0.05, 0.1) is 30.2 Å². The van der Waals surface area contributed by atoms with Crippen LogP contribution in [0.4, 0.5) is 0 Å². The molecule has 0 N–H and O–H groups in total. The average Bonchev–Trinajstić information content (AvgIpc) is 2.84. The molecular formula is C26H25N3O4. The summed E-state index contributed by atoms with van der Waals surface area (Å²) < 4.78 is 12.4. The van der Waals surface area contributed by atoms with Crippen molar-refractivity contribution in [2.24, 2.45) is 0 Å². The number of amides is 1. The first-order chi connectivity index (χ1) is 16.0. The van der Waals surface area contributed by atoms with E-state index in [-0.39, 0.29) is 11.5 Å². The van der Waals surface area contributed by atoms with Gasteiger partial charge in [0.25, 0.3) is 11.5 Å². The molecule has 0 saturated carbocycles. The molecule has 4 aromatic rings. The Morgan fingerprint density at radius 1 is 0.970 bits per heavy atom. The van der Waals surface area contributed by atoms with Crippen LogP contribution < -0.4 is 15.0 Å². The zero-order chi connectivity index (χ0) is 23.4. The molecule has 168 valence electrons. The molecule has 4 rings (SSSR count). The molecule has 0 radical (unpaired) electrons. The molecule has 0 aliphatic heterocycles. The first kappa shape index (κ1) is 22.1. The summed E-state index contributed by atoms with van der Waals surface area (Å²) >= 11 is 0. The van der Waals surface area contributed by atoms with Crippen LogP contribution in [-0.4, -0.2) is 47.7 Å². The maximum absolute atomic E-state index is 13.0. The Balaban J connectivity index is 1.44. The maximum atomic E-state index is 13.0. The molecule has 1 aromatic heterocycles. The first-order valence-corrected chi connectivity index (χ1v) is 10.6.